The van der Waals surface area contributed by atoms with Crippen molar-refractivity contribution in [2.24, 2.45) is 0 Å². The van der Waals surface area contributed by atoms with Gasteiger partial charge >= 0.3 is 0 Å². The molecule has 1 amide bonds. The molecule has 0 aliphatic heterocycles. The second-order valence-corrected chi connectivity index (χ2v) is 9.81. The molecule has 0 aromatic heterocycles. The summed E-state index contributed by atoms with van der Waals surface area (Å²) in [6.45, 7) is 0.344. The molecule has 1 aliphatic carbocycles. The van der Waals surface area contributed by atoms with Crippen LogP contribution in [0.25, 0.3) is 0 Å². The Labute approximate surface area is 179 Å². The first-order chi connectivity index (χ1) is 14.3. The predicted octanol–water partition coefficient (Wildman–Crippen LogP) is 3.56. The molecule has 0 saturated heterocycles. The molecule has 3 rings (SSSR count). The van der Waals surface area contributed by atoms with Gasteiger partial charge in [-0.3, -0.25) is 14.9 Å². The Bertz CT molecular complexity index is 1030. The van der Waals surface area contributed by atoms with E-state index in [0.29, 0.717) is 23.6 Å². The molecule has 1 aliphatic rings. The fourth-order valence-electron chi connectivity index (χ4n) is 3.72. The third-order valence-corrected chi connectivity index (χ3v) is 8.06. The van der Waals surface area contributed by atoms with Crippen molar-refractivity contribution in [3.8, 4) is 0 Å². The largest absolute Gasteiger partial charge is 0.378 e. The van der Waals surface area contributed by atoms with Crippen molar-refractivity contribution in [1.82, 2.24) is 5.32 Å². The molecule has 0 spiro atoms. The van der Waals surface area contributed by atoms with Gasteiger partial charge in [0.2, 0.25) is 5.91 Å². The average molecular weight is 452 g/mol. The molecule has 30 heavy (non-hydrogen) atoms. The summed E-state index contributed by atoms with van der Waals surface area (Å²) in [7, 11) is -3.90. The standard InChI is InChI=1S/C20H22ClN3O5S/c21-15-7-9-16(10-8-15)30(28,29)20(11-3-4-12-20)19(25)23-14-13-22-17-5-1-2-6-18(17)24(26)27/h1-2,5-10,22H,3-4,11-14H2,(H,23,25). The molecule has 160 valence electrons. The van der Waals surface area contributed by atoms with Crippen molar-refractivity contribution in [3.05, 3.63) is 63.7 Å². The molecule has 0 atom stereocenters. The van der Waals surface area contributed by atoms with Gasteiger partial charge in [0.05, 0.1) is 9.82 Å². The van der Waals surface area contributed by atoms with E-state index in [-0.39, 0.29) is 36.5 Å². The number of sulfone groups is 1. The molecule has 2 aromatic carbocycles. The number of halogens is 1. The Morgan fingerprint density at radius 3 is 2.33 bits per heavy atom. The fourth-order valence-corrected chi connectivity index (χ4v) is 5.93. The van der Waals surface area contributed by atoms with Gasteiger partial charge in [0.1, 0.15) is 5.69 Å². The summed E-state index contributed by atoms with van der Waals surface area (Å²) < 4.78 is 25.1. The highest BCUT2D eigenvalue weighted by Gasteiger charge is 2.52. The second-order valence-electron chi connectivity index (χ2n) is 7.12. The number of carbonyl (C=O) groups excluding carboxylic acids is 1. The maximum absolute atomic E-state index is 13.3. The van der Waals surface area contributed by atoms with Crippen molar-refractivity contribution in [2.45, 2.75) is 35.3 Å². The third kappa shape index (κ3) is 4.27. The van der Waals surface area contributed by atoms with Crippen LogP contribution in [0, 0.1) is 10.1 Å². The Kier molecular flexibility index (Phi) is 6.62. The number of benzene rings is 2. The summed E-state index contributed by atoms with van der Waals surface area (Å²) in [4.78, 5) is 23.6. The minimum absolute atomic E-state index is 0.0681. The first-order valence-electron chi connectivity index (χ1n) is 9.54. The lowest BCUT2D eigenvalue weighted by Gasteiger charge is -2.27. The highest BCUT2D eigenvalue weighted by molar-refractivity contribution is 7.93. The van der Waals surface area contributed by atoms with Crippen LogP contribution < -0.4 is 10.6 Å². The van der Waals surface area contributed by atoms with E-state index in [1.165, 1.54) is 30.3 Å². The zero-order valence-corrected chi connectivity index (χ0v) is 17.7. The van der Waals surface area contributed by atoms with E-state index >= 15 is 0 Å². The normalized spacial score (nSPS) is 15.5. The van der Waals surface area contributed by atoms with Gasteiger partial charge in [-0.15, -0.1) is 0 Å². The number of carbonyl (C=O) groups is 1. The maximum atomic E-state index is 13.3. The highest BCUT2D eigenvalue weighted by Crippen LogP contribution is 2.41. The van der Waals surface area contributed by atoms with Crippen LogP contribution in [0.1, 0.15) is 25.7 Å². The number of hydrogen-bond acceptors (Lipinski definition) is 6. The zero-order chi connectivity index (χ0) is 21.8. The summed E-state index contributed by atoms with van der Waals surface area (Å²) in [5.41, 5.74) is 0.266. The lowest BCUT2D eigenvalue weighted by atomic mass is 10.1. The SMILES string of the molecule is O=C(NCCNc1ccccc1[N+](=O)[O-])C1(S(=O)(=O)c2ccc(Cl)cc2)CCCC1. The van der Waals surface area contributed by atoms with Gasteiger partial charge in [-0.05, 0) is 43.2 Å². The van der Waals surface area contributed by atoms with E-state index in [4.69, 9.17) is 11.6 Å². The van der Waals surface area contributed by atoms with E-state index in [1.807, 2.05) is 0 Å². The van der Waals surface area contributed by atoms with Gasteiger partial charge in [-0.1, -0.05) is 36.6 Å². The van der Waals surface area contributed by atoms with Gasteiger partial charge in [-0.2, -0.15) is 0 Å². The minimum Gasteiger partial charge on any atom is -0.378 e. The molecule has 1 saturated carbocycles. The van der Waals surface area contributed by atoms with Crippen molar-refractivity contribution >= 4 is 38.7 Å². The van der Waals surface area contributed by atoms with Crippen molar-refractivity contribution in [2.75, 3.05) is 18.4 Å². The molecule has 10 heteroatoms. The van der Waals surface area contributed by atoms with Gasteiger partial charge in [0, 0.05) is 24.2 Å². The fraction of sp³-hybridized carbons (Fsp3) is 0.350. The number of rotatable bonds is 8. The molecule has 0 unspecified atom stereocenters. The molecule has 8 nitrogen and oxygen atoms in total. The average Bonchev–Trinajstić information content (AvgIpc) is 3.23. The Hall–Kier alpha value is -2.65. The van der Waals surface area contributed by atoms with E-state index in [0.717, 1.165) is 0 Å². The van der Waals surface area contributed by atoms with Crippen LogP contribution in [0.4, 0.5) is 11.4 Å². The summed E-state index contributed by atoms with van der Waals surface area (Å²) >= 11 is 5.86. The first-order valence-corrected chi connectivity index (χ1v) is 11.4. The quantitative estimate of drug-likeness (QED) is 0.360. The van der Waals surface area contributed by atoms with Crippen LogP contribution in [0.3, 0.4) is 0 Å². The van der Waals surface area contributed by atoms with Crippen LogP contribution in [0.5, 0.6) is 0 Å². The number of nitro benzene ring substituents is 1. The number of nitro groups is 1. The van der Waals surface area contributed by atoms with Crippen molar-refractivity contribution < 1.29 is 18.1 Å². The molecular formula is C20H22ClN3O5S. The predicted molar refractivity (Wildman–Crippen MR) is 114 cm³/mol. The van der Waals surface area contributed by atoms with Crippen LogP contribution >= 0.6 is 11.6 Å². The summed E-state index contributed by atoms with van der Waals surface area (Å²) in [5.74, 6) is -0.542. The number of para-hydroxylation sites is 2. The van der Waals surface area contributed by atoms with Crippen LogP contribution in [-0.2, 0) is 14.6 Å². The molecule has 2 aromatic rings. The molecule has 0 heterocycles. The smallest absolute Gasteiger partial charge is 0.292 e. The third-order valence-electron chi connectivity index (χ3n) is 5.29. The number of anilines is 1. The van der Waals surface area contributed by atoms with Crippen molar-refractivity contribution in [3.63, 3.8) is 0 Å². The van der Waals surface area contributed by atoms with E-state index < -0.39 is 25.4 Å². The van der Waals surface area contributed by atoms with Gasteiger partial charge in [0.15, 0.2) is 14.6 Å². The van der Waals surface area contributed by atoms with Crippen LogP contribution in [0.2, 0.25) is 5.02 Å². The van der Waals surface area contributed by atoms with Crippen LogP contribution in [-0.4, -0.2) is 37.1 Å². The first kappa shape index (κ1) is 22.0. The number of nitrogens with one attached hydrogen (secondary N) is 2. The lowest BCUT2D eigenvalue weighted by Crippen LogP contribution is -2.51. The molecule has 0 radical (unpaired) electrons. The monoisotopic (exact) mass is 451 g/mol. The molecule has 2 N–H and O–H groups in total. The Morgan fingerprint density at radius 2 is 1.70 bits per heavy atom. The van der Waals surface area contributed by atoms with Gasteiger partial charge in [-0.25, -0.2) is 8.42 Å². The summed E-state index contributed by atoms with van der Waals surface area (Å²) in [6.07, 6.45) is 1.80. The lowest BCUT2D eigenvalue weighted by molar-refractivity contribution is -0.384. The van der Waals surface area contributed by atoms with E-state index in [1.54, 1.807) is 18.2 Å². The number of amides is 1. The van der Waals surface area contributed by atoms with Crippen LogP contribution in [0.15, 0.2) is 53.4 Å². The molecule has 1 fully saturated rings. The van der Waals surface area contributed by atoms with Crippen molar-refractivity contribution in [1.29, 1.82) is 0 Å². The molecular weight excluding hydrogens is 430 g/mol. The topological polar surface area (TPSA) is 118 Å². The van der Waals surface area contributed by atoms with Gasteiger partial charge in [0.25, 0.3) is 5.69 Å². The highest BCUT2D eigenvalue weighted by atomic mass is 35.5. The maximum Gasteiger partial charge on any atom is 0.292 e. The Balaban J connectivity index is 1.69. The van der Waals surface area contributed by atoms with E-state index in [2.05, 4.69) is 10.6 Å². The Morgan fingerprint density at radius 1 is 1.07 bits per heavy atom. The second kappa shape index (κ2) is 9.01. The number of hydrogen-bond donors (Lipinski definition) is 2. The number of nitrogens with zero attached hydrogens (tertiary/aromatic N) is 1. The summed E-state index contributed by atoms with van der Waals surface area (Å²) in [6, 6.07) is 12.0. The summed E-state index contributed by atoms with van der Waals surface area (Å²) in [5, 5.41) is 17.1. The van der Waals surface area contributed by atoms with Gasteiger partial charge < -0.3 is 10.6 Å². The van der Waals surface area contributed by atoms with E-state index in [9.17, 15) is 23.3 Å². The molecule has 0 bridgehead atoms. The minimum atomic E-state index is -3.90. The zero-order valence-electron chi connectivity index (χ0n) is 16.1.